The molecule has 1 aromatic carbocycles. The Morgan fingerprint density at radius 1 is 1.32 bits per heavy atom. The maximum atomic E-state index is 6.30. The SMILES string of the molecule is CCOc1ccccc1C(N)CN(C)C(C)COC. The third kappa shape index (κ3) is 4.82. The number of benzene rings is 1. The zero-order chi connectivity index (χ0) is 14.3. The van der Waals surface area contributed by atoms with E-state index in [9.17, 15) is 0 Å². The van der Waals surface area contributed by atoms with Gasteiger partial charge in [-0.2, -0.15) is 0 Å². The van der Waals surface area contributed by atoms with Gasteiger partial charge in [-0.1, -0.05) is 18.2 Å². The Hall–Kier alpha value is -1.10. The summed E-state index contributed by atoms with van der Waals surface area (Å²) in [4.78, 5) is 2.21. The minimum Gasteiger partial charge on any atom is -0.494 e. The molecule has 1 aromatic rings. The highest BCUT2D eigenvalue weighted by atomic mass is 16.5. The molecule has 0 radical (unpaired) electrons. The molecule has 0 amide bonds. The fourth-order valence-corrected chi connectivity index (χ4v) is 2.03. The first-order chi connectivity index (χ1) is 9.10. The summed E-state index contributed by atoms with van der Waals surface area (Å²) in [6, 6.07) is 8.25. The van der Waals surface area contributed by atoms with Crippen molar-refractivity contribution in [3.05, 3.63) is 29.8 Å². The van der Waals surface area contributed by atoms with Crippen LogP contribution in [0.15, 0.2) is 24.3 Å². The van der Waals surface area contributed by atoms with E-state index >= 15 is 0 Å². The van der Waals surface area contributed by atoms with Gasteiger partial charge in [0.1, 0.15) is 5.75 Å². The lowest BCUT2D eigenvalue weighted by atomic mass is 10.1. The van der Waals surface area contributed by atoms with Crippen LogP contribution < -0.4 is 10.5 Å². The van der Waals surface area contributed by atoms with Gasteiger partial charge in [0.05, 0.1) is 13.2 Å². The van der Waals surface area contributed by atoms with Gasteiger partial charge in [-0.15, -0.1) is 0 Å². The summed E-state index contributed by atoms with van der Waals surface area (Å²) in [6.45, 7) is 6.24. The fourth-order valence-electron chi connectivity index (χ4n) is 2.03. The van der Waals surface area contributed by atoms with Crippen molar-refractivity contribution in [2.24, 2.45) is 5.73 Å². The number of para-hydroxylation sites is 1. The first kappa shape index (κ1) is 16.0. The van der Waals surface area contributed by atoms with Crippen LogP contribution in [-0.2, 0) is 4.74 Å². The van der Waals surface area contributed by atoms with Crippen molar-refractivity contribution in [3.8, 4) is 5.75 Å². The molecule has 2 atom stereocenters. The Morgan fingerprint density at radius 2 is 2.00 bits per heavy atom. The minimum atomic E-state index is -0.0629. The molecular weight excluding hydrogens is 240 g/mol. The molecule has 2 N–H and O–H groups in total. The Kier molecular flexibility index (Phi) is 6.84. The van der Waals surface area contributed by atoms with Gasteiger partial charge in [0.2, 0.25) is 0 Å². The fraction of sp³-hybridized carbons (Fsp3) is 0.600. The maximum absolute atomic E-state index is 6.30. The van der Waals surface area contributed by atoms with Crippen LogP contribution in [0.5, 0.6) is 5.75 Å². The van der Waals surface area contributed by atoms with Crippen LogP contribution in [0.25, 0.3) is 0 Å². The molecular formula is C15H26N2O2. The summed E-state index contributed by atoms with van der Waals surface area (Å²) in [5.74, 6) is 0.880. The molecule has 2 unspecified atom stereocenters. The zero-order valence-electron chi connectivity index (χ0n) is 12.4. The summed E-state index contributed by atoms with van der Waals surface area (Å²) in [6.07, 6.45) is 0. The van der Waals surface area contributed by atoms with Crippen molar-refractivity contribution < 1.29 is 9.47 Å². The topological polar surface area (TPSA) is 47.7 Å². The van der Waals surface area contributed by atoms with E-state index in [2.05, 4.69) is 18.9 Å². The Labute approximate surface area is 116 Å². The van der Waals surface area contributed by atoms with Gasteiger partial charge in [-0.3, -0.25) is 4.90 Å². The zero-order valence-corrected chi connectivity index (χ0v) is 12.4. The van der Waals surface area contributed by atoms with E-state index in [0.29, 0.717) is 19.3 Å². The van der Waals surface area contributed by atoms with E-state index in [1.807, 2.05) is 31.2 Å². The van der Waals surface area contributed by atoms with Crippen molar-refractivity contribution in [1.29, 1.82) is 0 Å². The third-order valence-electron chi connectivity index (χ3n) is 3.26. The van der Waals surface area contributed by atoms with Gasteiger partial charge in [0.15, 0.2) is 0 Å². The Morgan fingerprint density at radius 3 is 2.63 bits per heavy atom. The molecule has 0 spiro atoms. The lowest BCUT2D eigenvalue weighted by molar-refractivity contribution is 0.112. The second kappa shape index (κ2) is 8.15. The van der Waals surface area contributed by atoms with Gasteiger partial charge < -0.3 is 15.2 Å². The molecule has 19 heavy (non-hydrogen) atoms. The standard InChI is InChI=1S/C15H26N2O2/c1-5-19-15-9-7-6-8-13(15)14(16)10-17(3)12(2)11-18-4/h6-9,12,14H,5,10-11,16H2,1-4H3. The van der Waals surface area contributed by atoms with Crippen molar-refractivity contribution in [3.63, 3.8) is 0 Å². The summed E-state index contributed by atoms with van der Waals surface area (Å²) in [7, 11) is 3.78. The lowest BCUT2D eigenvalue weighted by Crippen LogP contribution is -2.38. The molecule has 4 heteroatoms. The number of ether oxygens (including phenoxy) is 2. The smallest absolute Gasteiger partial charge is 0.124 e. The van der Waals surface area contributed by atoms with E-state index in [4.69, 9.17) is 15.2 Å². The van der Waals surface area contributed by atoms with E-state index < -0.39 is 0 Å². The lowest BCUT2D eigenvalue weighted by Gasteiger charge is -2.27. The molecule has 0 saturated heterocycles. The molecule has 0 aromatic heterocycles. The van der Waals surface area contributed by atoms with E-state index in [-0.39, 0.29) is 6.04 Å². The molecule has 0 aliphatic carbocycles. The summed E-state index contributed by atoms with van der Waals surface area (Å²) in [5, 5.41) is 0. The molecule has 0 aliphatic rings. The van der Waals surface area contributed by atoms with Gasteiger partial charge in [0, 0.05) is 31.3 Å². The number of methoxy groups -OCH3 is 1. The van der Waals surface area contributed by atoms with Crippen molar-refractivity contribution in [2.45, 2.75) is 25.9 Å². The van der Waals surface area contributed by atoms with Crippen LogP contribution in [0.2, 0.25) is 0 Å². The van der Waals surface area contributed by atoms with Gasteiger partial charge in [0.25, 0.3) is 0 Å². The largest absolute Gasteiger partial charge is 0.494 e. The van der Waals surface area contributed by atoms with Crippen molar-refractivity contribution in [2.75, 3.05) is 33.9 Å². The van der Waals surface area contributed by atoms with Crippen molar-refractivity contribution in [1.82, 2.24) is 4.90 Å². The van der Waals surface area contributed by atoms with Gasteiger partial charge in [-0.05, 0) is 27.0 Å². The van der Waals surface area contributed by atoms with E-state index in [0.717, 1.165) is 17.9 Å². The van der Waals surface area contributed by atoms with Crippen LogP contribution in [0.4, 0.5) is 0 Å². The number of rotatable bonds is 8. The third-order valence-corrected chi connectivity index (χ3v) is 3.26. The molecule has 108 valence electrons. The van der Waals surface area contributed by atoms with Crippen LogP contribution in [-0.4, -0.2) is 44.9 Å². The van der Waals surface area contributed by atoms with E-state index in [1.165, 1.54) is 0 Å². The Balaban J connectivity index is 2.69. The quantitative estimate of drug-likeness (QED) is 0.782. The normalized spacial score (nSPS) is 14.4. The molecule has 4 nitrogen and oxygen atoms in total. The highest BCUT2D eigenvalue weighted by Crippen LogP contribution is 2.24. The molecule has 0 aliphatic heterocycles. The van der Waals surface area contributed by atoms with Crippen LogP contribution in [0, 0.1) is 0 Å². The molecule has 0 bridgehead atoms. The average molecular weight is 266 g/mol. The summed E-state index contributed by atoms with van der Waals surface area (Å²) >= 11 is 0. The second-order valence-corrected chi connectivity index (χ2v) is 4.82. The number of hydrogen-bond acceptors (Lipinski definition) is 4. The van der Waals surface area contributed by atoms with Gasteiger partial charge in [-0.25, -0.2) is 0 Å². The average Bonchev–Trinajstić information content (AvgIpc) is 2.39. The number of hydrogen-bond donors (Lipinski definition) is 1. The van der Waals surface area contributed by atoms with Gasteiger partial charge >= 0.3 is 0 Å². The minimum absolute atomic E-state index is 0.0629. The molecule has 0 heterocycles. The second-order valence-electron chi connectivity index (χ2n) is 4.82. The highest BCUT2D eigenvalue weighted by molar-refractivity contribution is 5.35. The van der Waals surface area contributed by atoms with Crippen LogP contribution >= 0.6 is 0 Å². The van der Waals surface area contributed by atoms with Crippen molar-refractivity contribution >= 4 is 0 Å². The number of likely N-dealkylation sites (N-methyl/N-ethyl adjacent to an activating group) is 1. The predicted molar refractivity (Wildman–Crippen MR) is 78.5 cm³/mol. The first-order valence-corrected chi connectivity index (χ1v) is 6.76. The first-order valence-electron chi connectivity index (χ1n) is 6.76. The van der Waals surface area contributed by atoms with E-state index in [1.54, 1.807) is 7.11 Å². The monoisotopic (exact) mass is 266 g/mol. The number of nitrogens with two attached hydrogens (primary N) is 1. The van der Waals surface area contributed by atoms with Crippen LogP contribution in [0.1, 0.15) is 25.5 Å². The Bertz CT molecular complexity index is 371. The molecule has 1 rings (SSSR count). The van der Waals surface area contributed by atoms with Crippen LogP contribution in [0.3, 0.4) is 0 Å². The number of nitrogens with zero attached hydrogens (tertiary/aromatic N) is 1. The summed E-state index contributed by atoms with van der Waals surface area (Å²) in [5.41, 5.74) is 7.35. The molecule has 0 saturated carbocycles. The maximum Gasteiger partial charge on any atom is 0.124 e. The highest BCUT2D eigenvalue weighted by Gasteiger charge is 2.16. The molecule has 0 fully saturated rings. The summed E-state index contributed by atoms with van der Waals surface area (Å²) < 4.78 is 10.8. The predicted octanol–water partition coefficient (Wildman–Crippen LogP) is 2.05.